The van der Waals surface area contributed by atoms with Crippen LogP contribution in [-0.4, -0.2) is 10.5 Å². The molecule has 0 radical (unpaired) electrons. The molecule has 6 heteroatoms. The maximum atomic E-state index is 13.1. The highest BCUT2D eigenvalue weighted by atomic mass is 35.5. The van der Waals surface area contributed by atoms with Gasteiger partial charge in [0, 0.05) is 11.1 Å². The molecule has 0 aliphatic heterocycles. The molecular formula is C22H13ClFNO2S. The van der Waals surface area contributed by atoms with Gasteiger partial charge < -0.3 is 0 Å². The van der Waals surface area contributed by atoms with E-state index < -0.39 is 5.91 Å². The Hall–Kier alpha value is -3.02. The number of rotatable bonds is 3. The molecule has 0 aliphatic rings. The third-order valence-corrected chi connectivity index (χ3v) is 5.38. The molecule has 0 unspecified atom stereocenters. The molecule has 0 aliphatic carbocycles. The molecule has 0 fully saturated rings. The van der Waals surface area contributed by atoms with Crippen molar-refractivity contribution in [2.45, 2.75) is 0 Å². The fourth-order valence-corrected chi connectivity index (χ4v) is 4.06. The van der Waals surface area contributed by atoms with Gasteiger partial charge in [-0.25, -0.2) is 8.96 Å². The van der Waals surface area contributed by atoms with Gasteiger partial charge in [0.2, 0.25) is 0 Å². The molecule has 0 amide bonds. The van der Waals surface area contributed by atoms with Crippen molar-refractivity contribution in [3.63, 3.8) is 0 Å². The summed E-state index contributed by atoms with van der Waals surface area (Å²) in [6.07, 6.45) is 3.02. The first-order chi connectivity index (χ1) is 13.5. The molecule has 3 nitrogen and oxygen atoms in total. The number of halogens is 2. The van der Waals surface area contributed by atoms with Crippen LogP contribution in [0.1, 0.15) is 10.4 Å². The van der Waals surface area contributed by atoms with E-state index in [0.29, 0.717) is 15.2 Å². The smallest absolute Gasteiger partial charge is 0.269 e. The molecule has 0 spiro atoms. The molecule has 28 heavy (non-hydrogen) atoms. The first-order valence-corrected chi connectivity index (χ1v) is 9.60. The molecule has 0 atom stereocenters. The lowest BCUT2D eigenvalue weighted by Crippen LogP contribution is -2.19. The van der Waals surface area contributed by atoms with Gasteiger partial charge in [-0.3, -0.25) is 9.59 Å². The number of nitrogens with zero attached hydrogens (tertiary/aromatic N) is 1. The first kappa shape index (κ1) is 18.3. The summed E-state index contributed by atoms with van der Waals surface area (Å²) in [6, 6.07) is 18.7. The van der Waals surface area contributed by atoms with E-state index in [2.05, 4.69) is 0 Å². The quantitative estimate of drug-likeness (QED) is 0.396. The third-order valence-electron chi connectivity index (χ3n) is 4.25. The summed E-state index contributed by atoms with van der Waals surface area (Å²) in [6.45, 7) is 0. The van der Waals surface area contributed by atoms with Gasteiger partial charge in [0.25, 0.3) is 5.91 Å². The molecule has 4 rings (SSSR count). The van der Waals surface area contributed by atoms with Crippen molar-refractivity contribution in [2.24, 2.45) is 0 Å². The summed E-state index contributed by atoms with van der Waals surface area (Å²) >= 11 is 6.93. The summed E-state index contributed by atoms with van der Waals surface area (Å²) in [5.74, 6) is -0.717. The molecule has 1 heterocycles. The molecule has 0 saturated carbocycles. The van der Waals surface area contributed by atoms with Crippen molar-refractivity contribution in [3.05, 3.63) is 98.9 Å². The number of carbonyl (C=O) groups excluding carboxylic acids is 1. The number of allylic oxidation sites excluding steroid dienone is 1. The lowest BCUT2D eigenvalue weighted by Gasteiger charge is -2.03. The van der Waals surface area contributed by atoms with Crippen molar-refractivity contribution in [3.8, 4) is 11.1 Å². The molecule has 0 bridgehead atoms. The zero-order valence-electron chi connectivity index (χ0n) is 14.4. The van der Waals surface area contributed by atoms with Crippen LogP contribution in [0, 0.1) is 5.82 Å². The van der Waals surface area contributed by atoms with Crippen LogP contribution in [0.25, 0.3) is 27.4 Å². The van der Waals surface area contributed by atoms with Crippen molar-refractivity contribution in [1.29, 1.82) is 0 Å². The lowest BCUT2D eigenvalue weighted by atomic mass is 10.0. The normalized spacial score (nSPS) is 11.4. The van der Waals surface area contributed by atoms with Crippen molar-refractivity contribution in [2.75, 3.05) is 0 Å². The fraction of sp³-hybridized carbons (Fsp3) is 0. The monoisotopic (exact) mass is 409 g/mol. The van der Waals surface area contributed by atoms with Crippen LogP contribution in [0.2, 0.25) is 5.02 Å². The molecule has 3 aromatic carbocycles. The van der Waals surface area contributed by atoms with Crippen LogP contribution in [-0.2, 0) is 0 Å². The Morgan fingerprint density at radius 2 is 1.79 bits per heavy atom. The van der Waals surface area contributed by atoms with E-state index in [1.807, 2.05) is 24.3 Å². The summed E-state index contributed by atoms with van der Waals surface area (Å²) in [5, 5.41) is 0.515. The number of carbonyl (C=O) groups is 1. The second kappa shape index (κ2) is 7.54. The van der Waals surface area contributed by atoms with Crippen LogP contribution in [0.4, 0.5) is 4.39 Å². The average molecular weight is 410 g/mol. The zero-order chi connectivity index (χ0) is 19.7. The predicted molar refractivity (Wildman–Crippen MR) is 113 cm³/mol. The van der Waals surface area contributed by atoms with Gasteiger partial charge in [-0.15, -0.1) is 0 Å². The Balaban J connectivity index is 1.64. The van der Waals surface area contributed by atoms with Crippen molar-refractivity contribution in [1.82, 2.24) is 4.57 Å². The van der Waals surface area contributed by atoms with E-state index in [1.165, 1.54) is 18.2 Å². The topological polar surface area (TPSA) is 39.1 Å². The van der Waals surface area contributed by atoms with E-state index in [9.17, 15) is 14.0 Å². The summed E-state index contributed by atoms with van der Waals surface area (Å²) in [7, 11) is 0. The van der Waals surface area contributed by atoms with Gasteiger partial charge in [-0.2, -0.15) is 0 Å². The Morgan fingerprint density at radius 1 is 1.00 bits per heavy atom. The van der Waals surface area contributed by atoms with E-state index >= 15 is 0 Å². The van der Waals surface area contributed by atoms with Gasteiger partial charge in [-0.1, -0.05) is 53.3 Å². The van der Waals surface area contributed by atoms with Gasteiger partial charge in [0.05, 0.1) is 10.2 Å². The van der Waals surface area contributed by atoms with Gasteiger partial charge in [0.15, 0.2) is 0 Å². The molecule has 1 aromatic heterocycles. The van der Waals surface area contributed by atoms with E-state index in [-0.39, 0.29) is 10.7 Å². The number of thiazole rings is 1. The molecule has 4 aromatic rings. The summed E-state index contributed by atoms with van der Waals surface area (Å²) in [4.78, 5) is 24.5. The third kappa shape index (κ3) is 3.67. The Labute approximate surface area is 168 Å². The Bertz CT molecular complexity index is 1270. The maximum Gasteiger partial charge on any atom is 0.315 e. The predicted octanol–water partition coefficient (Wildman–Crippen LogP) is 5.88. The van der Waals surface area contributed by atoms with Crippen LogP contribution in [0.15, 0.2) is 77.6 Å². The number of aromatic nitrogens is 1. The van der Waals surface area contributed by atoms with Gasteiger partial charge in [-0.05, 0) is 59.2 Å². The second-order valence-corrected chi connectivity index (χ2v) is 7.55. The minimum Gasteiger partial charge on any atom is -0.269 e. The SMILES string of the molecule is O=C(/C=C/c1cccc(-c2ccc(F)cc2)c1)n1c(=O)sc2cc(Cl)ccc21. The first-order valence-electron chi connectivity index (χ1n) is 8.41. The molecule has 0 saturated heterocycles. The number of fused-ring (bicyclic) bond motifs is 1. The number of benzene rings is 3. The lowest BCUT2D eigenvalue weighted by molar-refractivity contribution is 0.0972. The second-order valence-electron chi connectivity index (χ2n) is 6.12. The molecular weight excluding hydrogens is 397 g/mol. The minimum atomic E-state index is -0.425. The van der Waals surface area contributed by atoms with Crippen LogP contribution < -0.4 is 4.87 Å². The highest BCUT2D eigenvalue weighted by molar-refractivity contribution is 7.16. The minimum absolute atomic E-state index is 0.292. The average Bonchev–Trinajstić information content (AvgIpc) is 3.01. The van der Waals surface area contributed by atoms with E-state index in [4.69, 9.17) is 11.6 Å². The summed E-state index contributed by atoms with van der Waals surface area (Å²) < 4.78 is 14.9. The highest BCUT2D eigenvalue weighted by Gasteiger charge is 2.12. The van der Waals surface area contributed by atoms with E-state index in [0.717, 1.165) is 32.6 Å². The fourth-order valence-electron chi connectivity index (χ4n) is 2.91. The number of hydrogen-bond donors (Lipinski definition) is 0. The van der Waals surface area contributed by atoms with Gasteiger partial charge >= 0.3 is 4.87 Å². The number of hydrogen-bond acceptors (Lipinski definition) is 3. The summed E-state index contributed by atoms with van der Waals surface area (Å²) in [5.41, 5.74) is 3.11. The van der Waals surface area contributed by atoms with Crippen molar-refractivity contribution < 1.29 is 9.18 Å². The standard InChI is InChI=1S/C22H13ClFNO2S/c23-17-7-10-19-20(13-17)28-22(27)25(19)21(26)11-4-14-2-1-3-16(12-14)15-5-8-18(24)9-6-15/h1-13H/b11-4+. The molecule has 0 N–H and O–H groups in total. The van der Waals surface area contributed by atoms with Crippen molar-refractivity contribution >= 4 is 45.1 Å². The van der Waals surface area contributed by atoms with Crippen LogP contribution >= 0.6 is 22.9 Å². The molecule has 138 valence electrons. The maximum absolute atomic E-state index is 13.1. The Morgan fingerprint density at radius 3 is 2.57 bits per heavy atom. The van der Waals surface area contributed by atoms with Gasteiger partial charge in [0.1, 0.15) is 5.82 Å². The largest absolute Gasteiger partial charge is 0.315 e. The Kier molecular flexibility index (Phi) is 4.94. The van der Waals surface area contributed by atoms with Crippen LogP contribution in [0.5, 0.6) is 0 Å². The zero-order valence-corrected chi connectivity index (χ0v) is 16.0. The highest BCUT2D eigenvalue weighted by Crippen LogP contribution is 2.23. The van der Waals surface area contributed by atoms with E-state index in [1.54, 1.807) is 36.4 Å². The van der Waals surface area contributed by atoms with Crippen LogP contribution in [0.3, 0.4) is 0 Å².